The van der Waals surface area contributed by atoms with Crippen molar-refractivity contribution in [3.05, 3.63) is 75.8 Å². The smallest absolute Gasteiger partial charge is 0.273 e. The molecule has 1 aliphatic heterocycles. The fraction of sp³-hybridized carbons (Fsp3) is 0.250. The summed E-state index contributed by atoms with van der Waals surface area (Å²) in [6, 6.07) is 7.34. The Morgan fingerprint density at radius 1 is 0.622 bits per heavy atom. The molecule has 196 valence electrons. The van der Waals surface area contributed by atoms with Gasteiger partial charge in [-0.25, -0.2) is 17.6 Å². The number of nitrogens with zero attached hydrogens (tertiary/aromatic N) is 1. The number of benzene rings is 3. The van der Waals surface area contributed by atoms with Crippen LogP contribution in [0.2, 0.25) is 0 Å². The summed E-state index contributed by atoms with van der Waals surface area (Å²) >= 11 is 0. The topological polar surface area (TPSA) is 104 Å². The first-order chi connectivity index (χ1) is 17.8. The average Bonchev–Trinajstić information content (AvgIpc) is 2.87. The van der Waals surface area contributed by atoms with E-state index in [4.69, 9.17) is 18.9 Å². The van der Waals surface area contributed by atoms with Gasteiger partial charge in [-0.2, -0.15) is 0 Å². The van der Waals surface area contributed by atoms with E-state index in [-0.39, 0.29) is 79.6 Å². The number of nitrogens with one attached hydrogen (secondary N) is 2. The van der Waals surface area contributed by atoms with Crippen LogP contribution in [0.25, 0.3) is 0 Å². The van der Waals surface area contributed by atoms with Crippen LogP contribution in [0.4, 0.5) is 34.6 Å². The van der Waals surface area contributed by atoms with Crippen LogP contribution in [0.1, 0.15) is 0 Å². The number of anilines is 2. The highest BCUT2D eigenvalue weighted by atomic mass is 19.2. The molecular weight excluding hydrogens is 502 g/mol. The van der Waals surface area contributed by atoms with E-state index in [9.17, 15) is 27.7 Å². The Balaban J connectivity index is 1.61. The normalized spacial score (nSPS) is 14.3. The second kappa shape index (κ2) is 11.5. The number of hydrogen-bond acceptors (Lipinski definition) is 8. The third-order valence-electron chi connectivity index (χ3n) is 5.13. The zero-order valence-corrected chi connectivity index (χ0v) is 19.2. The molecule has 0 unspecified atom stereocenters. The van der Waals surface area contributed by atoms with Crippen molar-refractivity contribution in [3.8, 4) is 23.0 Å². The van der Waals surface area contributed by atoms with Crippen LogP contribution in [-0.4, -0.2) is 44.4 Å². The van der Waals surface area contributed by atoms with Gasteiger partial charge in [0.15, 0.2) is 34.8 Å². The minimum atomic E-state index is -1.13. The maximum absolute atomic E-state index is 13.8. The zero-order valence-electron chi connectivity index (χ0n) is 19.2. The second-order valence-electron chi connectivity index (χ2n) is 7.66. The number of hydrogen-bond donors (Lipinski definition) is 2. The largest absolute Gasteiger partial charge is 0.488 e. The quantitative estimate of drug-likeness (QED) is 0.264. The van der Waals surface area contributed by atoms with Crippen LogP contribution in [-0.2, 0) is 0 Å². The Bertz CT molecular complexity index is 1290. The number of fused-ring (bicyclic) bond motifs is 3. The van der Waals surface area contributed by atoms with E-state index in [0.717, 1.165) is 24.3 Å². The van der Waals surface area contributed by atoms with E-state index in [0.29, 0.717) is 0 Å². The fourth-order valence-corrected chi connectivity index (χ4v) is 3.41. The van der Waals surface area contributed by atoms with Crippen LogP contribution in [0.3, 0.4) is 0 Å². The van der Waals surface area contributed by atoms with E-state index in [1.165, 1.54) is 18.2 Å². The summed E-state index contributed by atoms with van der Waals surface area (Å²) in [4.78, 5) is 10.6. The van der Waals surface area contributed by atoms with Gasteiger partial charge in [0.2, 0.25) is 0 Å². The summed E-state index contributed by atoms with van der Waals surface area (Å²) in [5, 5.41) is 16.9. The Kier molecular flexibility index (Phi) is 8.01. The lowest BCUT2D eigenvalue weighted by Crippen LogP contribution is -2.17. The maximum atomic E-state index is 13.8. The lowest BCUT2D eigenvalue weighted by Gasteiger charge is -2.18. The SMILES string of the molecule is O=[N+]([O-])c1ccc2c(c1)OCCNc1cc(F)c(F)cc1OCCOc1cc(F)c(F)cc1NCCO2. The van der Waals surface area contributed by atoms with Gasteiger partial charge in [0, 0.05) is 43.4 Å². The second-order valence-corrected chi connectivity index (χ2v) is 7.66. The number of ether oxygens (including phenoxy) is 4. The molecule has 1 heterocycles. The molecule has 0 atom stereocenters. The molecule has 0 spiro atoms. The standard InChI is InChI=1S/C24H21F4N3O6/c25-15-10-19-22(12-17(15)27)36-7-8-37-23-13-18(28)16(26)11-20(23)30-4-6-35-24-9-14(31(32)33)1-2-21(24)34-5-3-29-19/h1-2,9-13,29-30H,3-8H2. The van der Waals surface area contributed by atoms with Crippen molar-refractivity contribution in [3.63, 3.8) is 0 Å². The Labute approximate surface area is 208 Å². The number of rotatable bonds is 1. The third kappa shape index (κ3) is 6.42. The molecule has 0 saturated heterocycles. The summed E-state index contributed by atoms with van der Waals surface area (Å²) in [5.41, 5.74) is 0.0312. The highest BCUT2D eigenvalue weighted by Crippen LogP contribution is 2.33. The number of nitro groups is 1. The highest BCUT2D eigenvalue weighted by molar-refractivity contribution is 5.58. The Morgan fingerprint density at radius 2 is 1.08 bits per heavy atom. The maximum Gasteiger partial charge on any atom is 0.273 e. The van der Waals surface area contributed by atoms with Gasteiger partial charge in [0.25, 0.3) is 5.69 Å². The lowest BCUT2D eigenvalue weighted by molar-refractivity contribution is -0.385. The van der Waals surface area contributed by atoms with Gasteiger partial charge in [0.1, 0.15) is 37.9 Å². The molecular formula is C24H21F4N3O6. The zero-order chi connectivity index (χ0) is 26.4. The molecule has 0 bridgehead atoms. The van der Waals surface area contributed by atoms with E-state index in [1.807, 2.05) is 0 Å². The predicted octanol–water partition coefficient (Wildman–Crippen LogP) is 4.90. The Morgan fingerprint density at radius 3 is 1.59 bits per heavy atom. The average molecular weight is 523 g/mol. The van der Waals surface area contributed by atoms with Crippen LogP contribution < -0.4 is 29.6 Å². The minimum Gasteiger partial charge on any atom is -0.488 e. The summed E-state index contributed by atoms with van der Waals surface area (Å²) < 4.78 is 77.7. The molecule has 1 aliphatic rings. The molecule has 2 N–H and O–H groups in total. The molecule has 0 radical (unpaired) electrons. The molecule has 9 nitrogen and oxygen atoms in total. The van der Waals surface area contributed by atoms with E-state index in [1.54, 1.807) is 0 Å². The van der Waals surface area contributed by atoms with Crippen molar-refractivity contribution in [1.82, 2.24) is 0 Å². The van der Waals surface area contributed by atoms with Crippen LogP contribution >= 0.6 is 0 Å². The summed E-state index contributed by atoms with van der Waals surface area (Å²) in [5.74, 6) is -4.22. The molecule has 13 heteroatoms. The van der Waals surface area contributed by atoms with Crippen molar-refractivity contribution in [2.45, 2.75) is 0 Å². The van der Waals surface area contributed by atoms with Crippen LogP contribution in [0.15, 0.2) is 42.5 Å². The lowest BCUT2D eigenvalue weighted by atomic mass is 10.2. The number of non-ortho nitro benzene ring substituents is 1. The van der Waals surface area contributed by atoms with Gasteiger partial charge in [-0.1, -0.05) is 0 Å². The Hall–Kier alpha value is -4.42. The van der Waals surface area contributed by atoms with Gasteiger partial charge >= 0.3 is 0 Å². The molecule has 3 aromatic rings. The monoisotopic (exact) mass is 523 g/mol. The first-order valence-corrected chi connectivity index (χ1v) is 11.1. The minimum absolute atomic E-state index is 0.00777. The van der Waals surface area contributed by atoms with Crippen molar-refractivity contribution in [1.29, 1.82) is 0 Å². The summed E-state index contributed by atoms with van der Waals surface area (Å²) in [6.45, 7) is -0.00547. The summed E-state index contributed by atoms with van der Waals surface area (Å²) in [6.07, 6.45) is 0. The molecule has 0 aromatic heterocycles. The molecule has 4 rings (SSSR count). The molecule has 0 saturated carbocycles. The van der Waals surface area contributed by atoms with Crippen LogP contribution in [0, 0.1) is 33.4 Å². The molecule has 37 heavy (non-hydrogen) atoms. The molecule has 0 aliphatic carbocycles. The van der Waals surface area contributed by atoms with Gasteiger partial charge in [-0.3, -0.25) is 10.1 Å². The third-order valence-corrected chi connectivity index (χ3v) is 5.13. The number of nitro benzene ring substituents is 1. The van der Waals surface area contributed by atoms with Crippen molar-refractivity contribution in [2.75, 3.05) is 50.2 Å². The predicted molar refractivity (Wildman–Crippen MR) is 125 cm³/mol. The van der Waals surface area contributed by atoms with Gasteiger partial charge < -0.3 is 29.6 Å². The number of halogens is 4. The van der Waals surface area contributed by atoms with Gasteiger partial charge in [0.05, 0.1) is 22.4 Å². The molecule has 0 amide bonds. The molecule has 0 fully saturated rings. The van der Waals surface area contributed by atoms with Crippen molar-refractivity contribution < 1.29 is 41.4 Å². The molecule has 3 aromatic carbocycles. The van der Waals surface area contributed by atoms with E-state index >= 15 is 0 Å². The van der Waals surface area contributed by atoms with E-state index < -0.39 is 28.2 Å². The highest BCUT2D eigenvalue weighted by Gasteiger charge is 2.16. The van der Waals surface area contributed by atoms with Crippen molar-refractivity contribution >= 4 is 17.1 Å². The van der Waals surface area contributed by atoms with Gasteiger partial charge in [-0.15, -0.1) is 0 Å². The fourth-order valence-electron chi connectivity index (χ4n) is 3.41. The van der Waals surface area contributed by atoms with Gasteiger partial charge in [-0.05, 0) is 6.07 Å². The first-order valence-electron chi connectivity index (χ1n) is 11.1. The van der Waals surface area contributed by atoms with Crippen molar-refractivity contribution in [2.24, 2.45) is 0 Å². The first kappa shape index (κ1) is 25.7. The van der Waals surface area contributed by atoms with E-state index in [2.05, 4.69) is 10.6 Å². The summed E-state index contributed by atoms with van der Waals surface area (Å²) in [7, 11) is 0. The van der Waals surface area contributed by atoms with Crippen LogP contribution in [0.5, 0.6) is 23.0 Å².